The van der Waals surface area contributed by atoms with Crippen LogP contribution in [0.4, 0.5) is 8.78 Å². The summed E-state index contributed by atoms with van der Waals surface area (Å²) in [5.74, 6) is -1.31. The second-order valence-corrected chi connectivity index (χ2v) is 3.28. The summed E-state index contributed by atoms with van der Waals surface area (Å²) in [7, 11) is 0. The molecular weight excluding hydrogens is 214 g/mol. The summed E-state index contributed by atoms with van der Waals surface area (Å²) in [6, 6.07) is 4.53. The fraction of sp³-hybridized carbons (Fsp3) is 0.0909. The molecule has 0 saturated carbocycles. The van der Waals surface area contributed by atoms with Gasteiger partial charge in [0.1, 0.15) is 11.6 Å². The largest absolute Gasteiger partial charge is 0.295 e. The molecule has 82 valence electrons. The van der Waals surface area contributed by atoms with Crippen molar-refractivity contribution in [2.24, 2.45) is 0 Å². The molecule has 0 unspecified atom stereocenters. The van der Waals surface area contributed by atoms with Gasteiger partial charge >= 0.3 is 0 Å². The number of nitrogens with zero attached hydrogens (tertiary/aromatic N) is 2. The minimum Gasteiger partial charge on any atom is -0.295 e. The molecule has 0 amide bonds. The molecule has 0 atom stereocenters. The first-order valence-corrected chi connectivity index (χ1v) is 4.61. The summed E-state index contributed by atoms with van der Waals surface area (Å²) in [5.41, 5.74) is -0.0322. The molecule has 2 aromatic rings. The summed E-state index contributed by atoms with van der Waals surface area (Å²) < 4.78 is 27.2. The molecule has 16 heavy (non-hydrogen) atoms. The first-order valence-electron chi connectivity index (χ1n) is 4.61. The Morgan fingerprint density at radius 3 is 2.75 bits per heavy atom. The Morgan fingerprint density at radius 1 is 1.25 bits per heavy atom. The number of benzene rings is 1. The monoisotopic (exact) mass is 222 g/mol. The van der Waals surface area contributed by atoms with Crippen molar-refractivity contribution in [3.05, 3.63) is 64.3 Å². The highest BCUT2D eigenvalue weighted by Crippen LogP contribution is 2.09. The van der Waals surface area contributed by atoms with Gasteiger partial charge in [0.15, 0.2) is 0 Å². The molecule has 0 saturated heterocycles. The Morgan fingerprint density at radius 2 is 2.06 bits per heavy atom. The Kier molecular flexibility index (Phi) is 2.76. The number of rotatable bonds is 2. The zero-order valence-electron chi connectivity index (χ0n) is 8.23. The summed E-state index contributed by atoms with van der Waals surface area (Å²) >= 11 is 0. The lowest BCUT2D eigenvalue weighted by Crippen LogP contribution is -2.19. The van der Waals surface area contributed by atoms with E-state index < -0.39 is 11.6 Å². The van der Waals surface area contributed by atoms with Crippen LogP contribution in [0.5, 0.6) is 0 Å². The third-order valence-corrected chi connectivity index (χ3v) is 2.15. The lowest BCUT2D eigenvalue weighted by atomic mass is 10.2. The van der Waals surface area contributed by atoms with Crippen LogP contribution >= 0.6 is 0 Å². The third-order valence-electron chi connectivity index (χ3n) is 2.15. The highest BCUT2D eigenvalue weighted by molar-refractivity contribution is 5.18. The van der Waals surface area contributed by atoms with Crippen LogP contribution in [0.1, 0.15) is 5.56 Å². The molecule has 0 N–H and O–H groups in total. The quantitative estimate of drug-likeness (QED) is 0.773. The standard InChI is InChI=1S/C11H8F2N2O/c12-9-2-1-8(10(13)5-9)6-15-7-14-4-3-11(15)16/h1-5,7H,6H2. The van der Waals surface area contributed by atoms with Gasteiger partial charge in [-0.15, -0.1) is 0 Å². The minimum absolute atomic E-state index is 0.0405. The summed E-state index contributed by atoms with van der Waals surface area (Å²) in [4.78, 5) is 15.1. The molecule has 5 heteroatoms. The Labute approximate surface area is 90.0 Å². The Bertz CT molecular complexity index is 566. The highest BCUT2D eigenvalue weighted by Gasteiger charge is 2.05. The van der Waals surface area contributed by atoms with Gasteiger partial charge in [-0.2, -0.15) is 0 Å². The van der Waals surface area contributed by atoms with Crippen molar-refractivity contribution in [3.8, 4) is 0 Å². The molecular formula is C11H8F2N2O. The summed E-state index contributed by atoms with van der Waals surface area (Å²) in [6.07, 6.45) is 2.67. The van der Waals surface area contributed by atoms with Gasteiger partial charge in [-0.1, -0.05) is 6.07 Å². The molecule has 0 aliphatic rings. The van der Waals surface area contributed by atoms with Crippen molar-refractivity contribution in [2.45, 2.75) is 6.54 Å². The molecule has 0 radical (unpaired) electrons. The predicted octanol–water partition coefficient (Wildman–Crippen LogP) is 1.57. The molecule has 0 fully saturated rings. The van der Waals surface area contributed by atoms with Gasteiger partial charge in [0.05, 0.1) is 12.9 Å². The Hall–Kier alpha value is -2.04. The van der Waals surface area contributed by atoms with Crippen molar-refractivity contribution >= 4 is 0 Å². The maximum absolute atomic E-state index is 13.3. The fourth-order valence-corrected chi connectivity index (χ4v) is 1.33. The van der Waals surface area contributed by atoms with Gasteiger partial charge in [0.25, 0.3) is 5.56 Å². The van der Waals surface area contributed by atoms with Crippen LogP contribution < -0.4 is 5.56 Å². The first-order chi connectivity index (χ1) is 7.66. The van der Waals surface area contributed by atoms with Gasteiger partial charge < -0.3 is 0 Å². The van der Waals surface area contributed by atoms with Gasteiger partial charge in [-0.3, -0.25) is 9.36 Å². The maximum Gasteiger partial charge on any atom is 0.253 e. The number of aromatic nitrogens is 2. The van der Waals surface area contributed by atoms with Crippen molar-refractivity contribution in [1.29, 1.82) is 0 Å². The molecule has 2 rings (SSSR count). The van der Waals surface area contributed by atoms with Crippen LogP contribution in [0.15, 0.2) is 41.6 Å². The zero-order chi connectivity index (χ0) is 11.5. The van der Waals surface area contributed by atoms with E-state index in [1.807, 2.05) is 0 Å². The van der Waals surface area contributed by atoms with E-state index in [4.69, 9.17) is 0 Å². The molecule has 3 nitrogen and oxygen atoms in total. The lowest BCUT2D eigenvalue weighted by molar-refractivity contribution is 0.563. The van der Waals surface area contributed by atoms with E-state index in [-0.39, 0.29) is 17.7 Å². The molecule has 0 aliphatic carbocycles. The molecule has 1 heterocycles. The molecule has 0 aliphatic heterocycles. The van der Waals surface area contributed by atoms with E-state index in [1.54, 1.807) is 0 Å². The average Bonchev–Trinajstić information content (AvgIpc) is 2.25. The van der Waals surface area contributed by atoms with Crippen molar-refractivity contribution in [2.75, 3.05) is 0 Å². The number of hydrogen-bond donors (Lipinski definition) is 0. The number of hydrogen-bond acceptors (Lipinski definition) is 2. The zero-order valence-corrected chi connectivity index (χ0v) is 8.23. The smallest absolute Gasteiger partial charge is 0.253 e. The van der Waals surface area contributed by atoms with Gasteiger partial charge in [0.2, 0.25) is 0 Å². The van der Waals surface area contributed by atoms with E-state index in [2.05, 4.69) is 4.98 Å². The van der Waals surface area contributed by atoms with E-state index in [0.29, 0.717) is 0 Å². The second-order valence-electron chi connectivity index (χ2n) is 3.28. The van der Waals surface area contributed by atoms with Crippen molar-refractivity contribution in [1.82, 2.24) is 9.55 Å². The normalized spacial score (nSPS) is 10.4. The summed E-state index contributed by atoms with van der Waals surface area (Å²) in [6.45, 7) is 0.0405. The first kappa shape index (κ1) is 10.5. The van der Waals surface area contributed by atoms with E-state index in [0.717, 1.165) is 12.1 Å². The van der Waals surface area contributed by atoms with Gasteiger partial charge in [-0.05, 0) is 6.07 Å². The lowest BCUT2D eigenvalue weighted by Gasteiger charge is -2.05. The van der Waals surface area contributed by atoms with E-state index in [9.17, 15) is 13.6 Å². The molecule has 0 bridgehead atoms. The van der Waals surface area contributed by atoms with Crippen LogP contribution in [0.3, 0.4) is 0 Å². The summed E-state index contributed by atoms with van der Waals surface area (Å²) in [5, 5.41) is 0. The van der Waals surface area contributed by atoms with Crippen LogP contribution in [0.25, 0.3) is 0 Å². The number of halogens is 2. The van der Waals surface area contributed by atoms with Crippen LogP contribution in [0, 0.1) is 11.6 Å². The topological polar surface area (TPSA) is 34.9 Å². The van der Waals surface area contributed by atoms with Crippen molar-refractivity contribution in [3.63, 3.8) is 0 Å². The van der Waals surface area contributed by atoms with Gasteiger partial charge in [0, 0.05) is 23.9 Å². The SMILES string of the molecule is O=c1ccncn1Cc1ccc(F)cc1F. The van der Waals surface area contributed by atoms with Crippen LogP contribution in [-0.4, -0.2) is 9.55 Å². The molecule has 1 aromatic carbocycles. The fourth-order valence-electron chi connectivity index (χ4n) is 1.33. The van der Waals surface area contributed by atoms with E-state index >= 15 is 0 Å². The minimum atomic E-state index is -0.671. The van der Waals surface area contributed by atoms with Crippen LogP contribution in [0.2, 0.25) is 0 Å². The van der Waals surface area contributed by atoms with E-state index in [1.165, 1.54) is 29.2 Å². The third kappa shape index (κ3) is 2.13. The van der Waals surface area contributed by atoms with Crippen LogP contribution in [-0.2, 0) is 6.54 Å². The molecule has 1 aromatic heterocycles. The highest BCUT2D eigenvalue weighted by atomic mass is 19.1. The Balaban J connectivity index is 2.35. The van der Waals surface area contributed by atoms with Crippen molar-refractivity contribution < 1.29 is 8.78 Å². The average molecular weight is 222 g/mol. The predicted molar refractivity (Wildman–Crippen MR) is 54.0 cm³/mol. The molecule has 0 spiro atoms. The second kappa shape index (κ2) is 4.22. The maximum atomic E-state index is 13.3. The van der Waals surface area contributed by atoms with Gasteiger partial charge in [-0.25, -0.2) is 13.8 Å².